The van der Waals surface area contributed by atoms with Crippen LogP contribution < -0.4 is 5.32 Å². The zero-order chi connectivity index (χ0) is 18.5. The van der Waals surface area contributed by atoms with Crippen molar-refractivity contribution in [1.29, 1.82) is 5.26 Å². The van der Waals surface area contributed by atoms with E-state index in [4.69, 9.17) is 0 Å². The SMILES string of the molecule is N#CC1(c2ccccc2)CCC(NCCCn2cnc3ccccc32)CC1. The van der Waals surface area contributed by atoms with Crippen LogP contribution in [-0.2, 0) is 12.0 Å². The quantitative estimate of drug-likeness (QED) is 0.664. The summed E-state index contributed by atoms with van der Waals surface area (Å²) >= 11 is 0. The first-order valence-electron chi connectivity index (χ1n) is 9.91. The lowest BCUT2D eigenvalue weighted by molar-refractivity contribution is 0.294. The smallest absolute Gasteiger partial charge is 0.0958 e. The number of aryl methyl sites for hydroxylation is 1. The maximum Gasteiger partial charge on any atom is 0.0958 e. The highest BCUT2D eigenvalue weighted by atomic mass is 15.0. The number of fused-ring (bicyclic) bond motifs is 1. The molecule has 138 valence electrons. The van der Waals surface area contributed by atoms with Crippen molar-refractivity contribution in [2.75, 3.05) is 6.54 Å². The predicted octanol–water partition coefficient (Wildman–Crippen LogP) is 4.42. The Morgan fingerprint density at radius 1 is 1.07 bits per heavy atom. The Labute approximate surface area is 160 Å². The topological polar surface area (TPSA) is 53.6 Å². The first-order valence-corrected chi connectivity index (χ1v) is 9.91. The van der Waals surface area contributed by atoms with Crippen molar-refractivity contribution in [3.8, 4) is 6.07 Å². The van der Waals surface area contributed by atoms with Gasteiger partial charge in [0.15, 0.2) is 0 Å². The van der Waals surface area contributed by atoms with Gasteiger partial charge in [0.05, 0.1) is 28.8 Å². The number of hydrogen-bond donors (Lipinski definition) is 1. The summed E-state index contributed by atoms with van der Waals surface area (Å²) in [6.45, 7) is 1.98. The van der Waals surface area contributed by atoms with E-state index in [0.29, 0.717) is 6.04 Å². The van der Waals surface area contributed by atoms with E-state index in [0.717, 1.165) is 50.7 Å². The molecule has 4 nitrogen and oxygen atoms in total. The summed E-state index contributed by atoms with van der Waals surface area (Å²) in [7, 11) is 0. The molecule has 27 heavy (non-hydrogen) atoms. The molecule has 4 rings (SSSR count). The standard InChI is InChI=1S/C23H26N4/c24-17-23(19-7-2-1-3-8-19)13-11-20(12-14-23)25-15-6-16-27-18-26-21-9-4-5-10-22(21)27/h1-5,7-10,18,20,25H,6,11-16H2. The fourth-order valence-electron chi connectivity index (χ4n) is 4.28. The van der Waals surface area contributed by atoms with Crippen LogP contribution in [0.25, 0.3) is 11.0 Å². The number of imidazole rings is 1. The second-order valence-corrected chi connectivity index (χ2v) is 7.57. The molecule has 0 amide bonds. The highest BCUT2D eigenvalue weighted by Gasteiger charge is 2.36. The van der Waals surface area contributed by atoms with Crippen molar-refractivity contribution in [1.82, 2.24) is 14.9 Å². The fraction of sp³-hybridized carbons (Fsp3) is 0.391. The van der Waals surface area contributed by atoms with Gasteiger partial charge in [0.1, 0.15) is 0 Å². The molecule has 0 bridgehead atoms. The molecule has 0 aliphatic heterocycles. The second kappa shape index (κ2) is 7.94. The van der Waals surface area contributed by atoms with Crippen LogP contribution >= 0.6 is 0 Å². The van der Waals surface area contributed by atoms with E-state index in [1.54, 1.807) is 0 Å². The van der Waals surface area contributed by atoms with Gasteiger partial charge in [-0.3, -0.25) is 0 Å². The molecule has 1 heterocycles. The van der Waals surface area contributed by atoms with Gasteiger partial charge in [0.25, 0.3) is 0 Å². The largest absolute Gasteiger partial charge is 0.331 e. The van der Waals surface area contributed by atoms with Gasteiger partial charge >= 0.3 is 0 Å². The third-order valence-corrected chi connectivity index (χ3v) is 5.92. The number of hydrogen-bond acceptors (Lipinski definition) is 3. The number of nitriles is 1. The molecule has 2 aromatic carbocycles. The van der Waals surface area contributed by atoms with E-state index in [-0.39, 0.29) is 5.41 Å². The Hall–Kier alpha value is -2.64. The molecule has 0 saturated heterocycles. The van der Waals surface area contributed by atoms with E-state index < -0.39 is 0 Å². The van der Waals surface area contributed by atoms with Crippen molar-refractivity contribution in [3.05, 3.63) is 66.5 Å². The maximum absolute atomic E-state index is 9.81. The third-order valence-electron chi connectivity index (χ3n) is 5.92. The lowest BCUT2D eigenvalue weighted by Crippen LogP contribution is -2.39. The lowest BCUT2D eigenvalue weighted by Gasteiger charge is -2.35. The summed E-state index contributed by atoms with van der Waals surface area (Å²) in [6.07, 6.45) is 7.03. The molecular weight excluding hydrogens is 332 g/mol. The number of aromatic nitrogens is 2. The van der Waals surface area contributed by atoms with Gasteiger partial charge in [-0.1, -0.05) is 42.5 Å². The van der Waals surface area contributed by atoms with Crippen LogP contribution in [-0.4, -0.2) is 22.1 Å². The summed E-state index contributed by atoms with van der Waals surface area (Å²) in [5, 5.41) is 13.5. The number of para-hydroxylation sites is 2. The van der Waals surface area contributed by atoms with Crippen LogP contribution in [0.3, 0.4) is 0 Å². The number of nitrogens with one attached hydrogen (secondary N) is 1. The minimum atomic E-state index is -0.296. The van der Waals surface area contributed by atoms with Crippen LogP contribution in [0.2, 0.25) is 0 Å². The summed E-state index contributed by atoms with van der Waals surface area (Å²) in [5.41, 5.74) is 3.15. The minimum absolute atomic E-state index is 0.296. The molecule has 1 aromatic heterocycles. The van der Waals surface area contributed by atoms with E-state index in [9.17, 15) is 5.26 Å². The van der Waals surface area contributed by atoms with Gasteiger partial charge in [0, 0.05) is 12.6 Å². The molecule has 1 N–H and O–H groups in total. The van der Waals surface area contributed by atoms with Gasteiger partial charge in [-0.2, -0.15) is 5.26 Å². The molecule has 1 fully saturated rings. The van der Waals surface area contributed by atoms with Gasteiger partial charge in [-0.05, 0) is 56.3 Å². The van der Waals surface area contributed by atoms with Gasteiger partial charge < -0.3 is 9.88 Å². The Balaban J connectivity index is 1.26. The highest BCUT2D eigenvalue weighted by Crippen LogP contribution is 2.38. The molecule has 1 aliphatic rings. The Bertz CT molecular complexity index is 914. The first kappa shape index (κ1) is 17.8. The van der Waals surface area contributed by atoms with Crippen LogP contribution in [0.5, 0.6) is 0 Å². The zero-order valence-corrected chi connectivity index (χ0v) is 15.6. The van der Waals surface area contributed by atoms with Crippen LogP contribution in [0, 0.1) is 11.3 Å². The van der Waals surface area contributed by atoms with Crippen molar-refractivity contribution in [3.63, 3.8) is 0 Å². The van der Waals surface area contributed by atoms with E-state index in [1.807, 2.05) is 30.6 Å². The summed E-state index contributed by atoms with van der Waals surface area (Å²) in [6, 6.07) is 21.7. The molecular formula is C23H26N4. The molecule has 0 unspecified atom stereocenters. The predicted molar refractivity (Wildman–Crippen MR) is 108 cm³/mol. The Kier molecular flexibility index (Phi) is 5.22. The Morgan fingerprint density at radius 3 is 2.59 bits per heavy atom. The average molecular weight is 358 g/mol. The molecule has 4 heteroatoms. The minimum Gasteiger partial charge on any atom is -0.331 e. The van der Waals surface area contributed by atoms with Crippen molar-refractivity contribution >= 4 is 11.0 Å². The maximum atomic E-state index is 9.81. The molecule has 3 aromatic rings. The van der Waals surface area contributed by atoms with Gasteiger partial charge in [-0.25, -0.2) is 4.98 Å². The van der Waals surface area contributed by atoms with Gasteiger partial charge in [-0.15, -0.1) is 0 Å². The molecule has 1 saturated carbocycles. The van der Waals surface area contributed by atoms with Crippen LogP contribution in [0.1, 0.15) is 37.7 Å². The second-order valence-electron chi connectivity index (χ2n) is 7.57. The Morgan fingerprint density at radius 2 is 1.81 bits per heavy atom. The third kappa shape index (κ3) is 3.74. The lowest BCUT2D eigenvalue weighted by atomic mass is 9.69. The number of benzene rings is 2. The number of nitrogens with zero attached hydrogens (tertiary/aromatic N) is 3. The average Bonchev–Trinajstić information content (AvgIpc) is 3.15. The van der Waals surface area contributed by atoms with Gasteiger partial charge in [0.2, 0.25) is 0 Å². The van der Waals surface area contributed by atoms with Crippen LogP contribution in [0.4, 0.5) is 0 Å². The summed E-state index contributed by atoms with van der Waals surface area (Å²) < 4.78 is 2.23. The van der Waals surface area contributed by atoms with Crippen LogP contribution in [0.15, 0.2) is 60.9 Å². The van der Waals surface area contributed by atoms with Crippen molar-refractivity contribution < 1.29 is 0 Å². The molecule has 0 atom stereocenters. The van der Waals surface area contributed by atoms with E-state index in [1.165, 1.54) is 11.1 Å². The monoisotopic (exact) mass is 358 g/mol. The molecule has 1 aliphatic carbocycles. The number of rotatable bonds is 6. The summed E-state index contributed by atoms with van der Waals surface area (Å²) in [4.78, 5) is 4.45. The highest BCUT2D eigenvalue weighted by molar-refractivity contribution is 5.74. The van der Waals surface area contributed by atoms with Crippen molar-refractivity contribution in [2.24, 2.45) is 0 Å². The van der Waals surface area contributed by atoms with Crippen molar-refractivity contribution in [2.45, 2.75) is 50.1 Å². The first-order chi connectivity index (χ1) is 13.3. The normalized spacial score (nSPS) is 22.6. The zero-order valence-electron chi connectivity index (χ0n) is 15.6. The summed E-state index contributed by atoms with van der Waals surface area (Å²) in [5.74, 6) is 0. The fourth-order valence-corrected chi connectivity index (χ4v) is 4.28. The molecule has 0 spiro atoms. The van der Waals surface area contributed by atoms with E-state index in [2.05, 4.69) is 51.3 Å². The van der Waals surface area contributed by atoms with E-state index >= 15 is 0 Å². The molecule has 0 radical (unpaired) electrons.